The van der Waals surface area contributed by atoms with Crippen LogP contribution in [-0.4, -0.2) is 12.1 Å². The summed E-state index contributed by atoms with van der Waals surface area (Å²) in [4.78, 5) is 11.0. The summed E-state index contributed by atoms with van der Waals surface area (Å²) in [5, 5.41) is 0. The third kappa shape index (κ3) is 1.79. The molecule has 14 heavy (non-hydrogen) atoms. The van der Waals surface area contributed by atoms with E-state index in [1.54, 1.807) is 0 Å². The second-order valence-corrected chi connectivity index (χ2v) is 3.77. The first-order chi connectivity index (χ1) is 6.77. The van der Waals surface area contributed by atoms with Gasteiger partial charge in [0, 0.05) is 12.3 Å². The van der Waals surface area contributed by atoms with E-state index in [1.807, 2.05) is 18.2 Å². The summed E-state index contributed by atoms with van der Waals surface area (Å²) in [5.41, 5.74) is 1.24. The van der Waals surface area contributed by atoms with Gasteiger partial charge in [-0.3, -0.25) is 4.79 Å². The molecule has 0 bridgehead atoms. The van der Waals surface area contributed by atoms with Crippen LogP contribution in [-0.2, 0) is 9.53 Å². The number of hydrogen-bond acceptors (Lipinski definition) is 2. The smallest absolute Gasteiger partial charge is 0.306 e. The van der Waals surface area contributed by atoms with Crippen molar-refractivity contribution in [3.63, 3.8) is 0 Å². The van der Waals surface area contributed by atoms with Gasteiger partial charge in [0.05, 0.1) is 0 Å². The Bertz CT molecular complexity index is 318. The molecule has 74 valence electrons. The molecule has 2 atom stereocenters. The normalized spacial score (nSPS) is 23.2. The Labute approximate surface area is 83.9 Å². The highest BCUT2D eigenvalue weighted by Gasteiger charge is 2.28. The highest BCUT2D eigenvalue weighted by atomic mass is 16.5. The molecule has 0 aromatic heterocycles. The van der Waals surface area contributed by atoms with E-state index in [2.05, 4.69) is 19.1 Å². The number of cyclic esters (lactones) is 1. The zero-order chi connectivity index (χ0) is 9.97. The van der Waals surface area contributed by atoms with Gasteiger partial charge in [-0.1, -0.05) is 37.3 Å². The molecule has 1 aromatic carbocycles. The van der Waals surface area contributed by atoms with Crippen molar-refractivity contribution >= 4 is 5.97 Å². The molecule has 0 N–H and O–H groups in total. The van der Waals surface area contributed by atoms with E-state index < -0.39 is 0 Å². The van der Waals surface area contributed by atoms with Gasteiger partial charge in [-0.15, -0.1) is 0 Å². The van der Waals surface area contributed by atoms with Crippen molar-refractivity contribution in [3.05, 3.63) is 35.9 Å². The molecular formula is C12H14O2. The maximum Gasteiger partial charge on any atom is 0.306 e. The zero-order valence-corrected chi connectivity index (χ0v) is 8.27. The topological polar surface area (TPSA) is 26.3 Å². The van der Waals surface area contributed by atoms with Crippen LogP contribution < -0.4 is 0 Å². The van der Waals surface area contributed by atoms with Gasteiger partial charge in [0.1, 0.15) is 6.10 Å². The molecular weight excluding hydrogens is 176 g/mol. The van der Waals surface area contributed by atoms with Crippen LogP contribution in [0.15, 0.2) is 30.3 Å². The van der Waals surface area contributed by atoms with Gasteiger partial charge in [0.2, 0.25) is 0 Å². The molecule has 0 amide bonds. The maximum absolute atomic E-state index is 11.0. The van der Waals surface area contributed by atoms with Crippen LogP contribution in [0.3, 0.4) is 0 Å². The maximum atomic E-state index is 11.0. The molecule has 1 aromatic rings. The van der Waals surface area contributed by atoms with Crippen molar-refractivity contribution in [3.8, 4) is 0 Å². The summed E-state index contributed by atoms with van der Waals surface area (Å²) < 4.78 is 5.24. The molecule has 0 aliphatic carbocycles. The molecule has 1 fully saturated rings. The van der Waals surface area contributed by atoms with Crippen molar-refractivity contribution in [1.29, 1.82) is 0 Å². The third-order valence-electron chi connectivity index (χ3n) is 2.80. The first-order valence-electron chi connectivity index (χ1n) is 5.02. The van der Waals surface area contributed by atoms with E-state index in [0.29, 0.717) is 12.3 Å². The fraction of sp³-hybridized carbons (Fsp3) is 0.417. The SMILES string of the molecule is CC(c1ccccc1)C1CCC(=O)O1. The summed E-state index contributed by atoms with van der Waals surface area (Å²) in [6, 6.07) is 10.2. The van der Waals surface area contributed by atoms with Crippen LogP contribution in [0.4, 0.5) is 0 Å². The number of carbonyl (C=O) groups is 1. The van der Waals surface area contributed by atoms with Crippen LogP contribution in [0.1, 0.15) is 31.2 Å². The average Bonchev–Trinajstić information content (AvgIpc) is 2.65. The van der Waals surface area contributed by atoms with E-state index in [0.717, 1.165) is 6.42 Å². The van der Waals surface area contributed by atoms with Crippen molar-refractivity contribution < 1.29 is 9.53 Å². The van der Waals surface area contributed by atoms with Crippen molar-refractivity contribution in [2.24, 2.45) is 0 Å². The summed E-state index contributed by atoms with van der Waals surface area (Å²) >= 11 is 0. The van der Waals surface area contributed by atoms with Gasteiger partial charge in [-0.2, -0.15) is 0 Å². The first kappa shape index (κ1) is 9.25. The Hall–Kier alpha value is -1.31. The lowest BCUT2D eigenvalue weighted by molar-refractivity contribution is -0.142. The molecule has 2 rings (SSSR count). The minimum Gasteiger partial charge on any atom is -0.462 e. The quantitative estimate of drug-likeness (QED) is 0.670. The summed E-state index contributed by atoms with van der Waals surface area (Å²) in [6.45, 7) is 2.11. The molecule has 1 aliphatic heterocycles. The minimum atomic E-state index is -0.0576. The fourth-order valence-electron chi connectivity index (χ4n) is 1.87. The van der Waals surface area contributed by atoms with Gasteiger partial charge >= 0.3 is 5.97 Å². The average molecular weight is 190 g/mol. The Morgan fingerprint density at radius 3 is 2.64 bits per heavy atom. The van der Waals surface area contributed by atoms with E-state index >= 15 is 0 Å². The van der Waals surface area contributed by atoms with Gasteiger partial charge in [0.25, 0.3) is 0 Å². The molecule has 0 spiro atoms. The minimum absolute atomic E-state index is 0.0576. The lowest BCUT2D eigenvalue weighted by Crippen LogP contribution is -2.15. The standard InChI is InChI=1S/C12H14O2/c1-9(10-5-3-2-4-6-10)11-7-8-12(13)14-11/h2-6,9,11H,7-8H2,1H3. The van der Waals surface area contributed by atoms with Crippen LogP contribution >= 0.6 is 0 Å². The number of benzene rings is 1. The largest absolute Gasteiger partial charge is 0.462 e. The second kappa shape index (κ2) is 3.82. The van der Waals surface area contributed by atoms with Crippen LogP contribution in [0.5, 0.6) is 0 Å². The predicted molar refractivity (Wildman–Crippen MR) is 54.0 cm³/mol. The van der Waals surface area contributed by atoms with Crippen LogP contribution in [0.2, 0.25) is 0 Å². The van der Waals surface area contributed by atoms with Crippen molar-refractivity contribution in [2.75, 3.05) is 0 Å². The van der Waals surface area contributed by atoms with E-state index in [1.165, 1.54) is 5.56 Å². The van der Waals surface area contributed by atoms with Crippen LogP contribution in [0.25, 0.3) is 0 Å². The van der Waals surface area contributed by atoms with Crippen LogP contribution in [0, 0.1) is 0 Å². The number of hydrogen-bond donors (Lipinski definition) is 0. The molecule has 1 heterocycles. The zero-order valence-electron chi connectivity index (χ0n) is 8.27. The highest BCUT2D eigenvalue weighted by molar-refractivity contribution is 5.71. The van der Waals surface area contributed by atoms with E-state index in [-0.39, 0.29) is 12.1 Å². The van der Waals surface area contributed by atoms with Crippen molar-refractivity contribution in [2.45, 2.75) is 31.8 Å². The molecule has 1 saturated heterocycles. The molecule has 2 nitrogen and oxygen atoms in total. The Morgan fingerprint density at radius 2 is 2.07 bits per heavy atom. The molecule has 2 unspecified atom stereocenters. The molecule has 2 heteroatoms. The third-order valence-corrected chi connectivity index (χ3v) is 2.80. The van der Waals surface area contributed by atoms with E-state index in [9.17, 15) is 4.79 Å². The number of carbonyl (C=O) groups excluding carboxylic acids is 1. The molecule has 0 saturated carbocycles. The Kier molecular flexibility index (Phi) is 2.53. The molecule has 1 aliphatic rings. The number of esters is 1. The number of rotatable bonds is 2. The van der Waals surface area contributed by atoms with Gasteiger partial charge < -0.3 is 4.74 Å². The first-order valence-corrected chi connectivity index (χ1v) is 5.02. The van der Waals surface area contributed by atoms with Gasteiger partial charge in [-0.25, -0.2) is 0 Å². The fourth-order valence-corrected chi connectivity index (χ4v) is 1.87. The Morgan fingerprint density at radius 1 is 1.36 bits per heavy atom. The lowest BCUT2D eigenvalue weighted by Gasteiger charge is -2.18. The number of ether oxygens (including phenoxy) is 1. The monoisotopic (exact) mass is 190 g/mol. The highest BCUT2D eigenvalue weighted by Crippen LogP contribution is 2.28. The van der Waals surface area contributed by atoms with E-state index in [4.69, 9.17) is 4.74 Å². The summed E-state index contributed by atoms with van der Waals surface area (Å²) in [7, 11) is 0. The lowest BCUT2D eigenvalue weighted by atomic mass is 9.94. The Balaban J connectivity index is 2.09. The summed E-state index contributed by atoms with van der Waals surface area (Å²) in [6.07, 6.45) is 1.50. The van der Waals surface area contributed by atoms with Crippen molar-refractivity contribution in [1.82, 2.24) is 0 Å². The second-order valence-electron chi connectivity index (χ2n) is 3.77. The van der Waals surface area contributed by atoms with Gasteiger partial charge in [0.15, 0.2) is 0 Å². The summed E-state index contributed by atoms with van der Waals surface area (Å²) in [5.74, 6) is 0.250. The van der Waals surface area contributed by atoms with Gasteiger partial charge in [-0.05, 0) is 12.0 Å². The molecule has 0 radical (unpaired) electrons. The predicted octanol–water partition coefficient (Wildman–Crippen LogP) is 2.50.